The van der Waals surface area contributed by atoms with Gasteiger partial charge in [0.15, 0.2) is 0 Å². The second kappa shape index (κ2) is 4.81. The molecule has 0 saturated heterocycles. The van der Waals surface area contributed by atoms with Crippen LogP contribution >= 0.6 is 15.9 Å². The monoisotopic (exact) mass is 244 g/mol. The van der Waals surface area contributed by atoms with Crippen molar-refractivity contribution in [3.05, 3.63) is 34.5 Å². The molecule has 4 nitrogen and oxygen atoms in total. The van der Waals surface area contributed by atoms with E-state index in [1.165, 1.54) is 0 Å². The zero-order valence-electron chi connectivity index (χ0n) is 7.32. The molecule has 0 radical (unpaired) electrons. The number of halogens is 1. The van der Waals surface area contributed by atoms with Gasteiger partial charge in [0.05, 0.1) is 16.9 Å². The molecule has 0 saturated carbocycles. The summed E-state index contributed by atoms with van der Waals surface area (Å²) in [5, 5.41) is 6.95. The molecule has 2 rings (SSSR count). The second-order valence-corrected chi connectivity index (χ2v) is 3.21. The normalized spacial score (nSPS) is 9.15. The zero-order chi connectivity index (χ0) is 9.68. The van der Waals surface area contributed by atoms with Crippen LogP contribution in [0.4, 0.5) is 0 Å². The van der Waals surface area contributed by atoms with Gasteiger partial charge in [-0.3, -0.25) is 0 Å². The molecule has 0 aromatic carbocycles. The molecule has 0 unspecified atom stereocenters. The predicted octanol–water partition coefficient (Wildman–Crippen LogP) is 2.73. The third-order valence-electron chi connectivity index (χ3n) is 1.26. The fourth-order valence-electron chi connectivity index (χ4n) is 0.566. The van der Waals surface area contributed by atoms with Crippen molar-refractivity contribution in [1.29, 1.82) is 0 Å². The van der Waals surface area contributed by atoms with Crippen molar-refractivity contribution in [2.75, 3.05) is 0 Å². The van der Waals surface area contributed by atoms with Crippen molar-refractivity contribution in [2.45, 2.75) is 13.8 Å². The van der Waals surface area contributed by atoms with Gasteiger partial charge in [0, 0.05) is 6.07 Å². The average molecular weight is 245 g/mol. The first kappa shape index (κ1) is 9.98. The second-order valence-electron chi connectivity index (χ2n) is 2.35. The summed E-state index contributed by atoms with van der Waals surface area (Å²) < 4.78 is 10.2. The summed E-state index contributed by atoms with van der Waals surface area (Å²) in [6.07, 6.45) is 3.24. The van der Waals surface area contributed by atoms with E-state index in [-0.39, 0.29) is 0 Å². The van der Waals surface area contributed by atoms with Crippen LogP contribution in [-0.2, 0) is 0 Å². The van der Waals surface area contributed by atoms with E-state index in [1.807, 2.05) is 13.8 Å². The topological polar surface area (TPSA) is 52.1 Å². The van der Waals surface area contributed by atoms with Gasteiger partial charge in [-0.05, 0) is 29.8 Å². The van der Waals surface area contributed by atoms with Crippen LogP contribution in [0.15, 0.2) is 32.0 Å². The quantitative estimate of drug-likeness (QED) is 0.716. The molecular weight excluding hydrogens is 236 g/mol. The molecule has 0 aliphatic rings. The van der Waals surface area contributed by atoms with Crippen molar-refractivity contribution in [3.8, 4) is 0 Å². The standard InChI is InChI=1S/C4H4BrNO.C4H5NO/c1-3-4(5)2-6-7-3;1-4-2-3-5-6-4/h2H,1H3;2-3H,1H3. The lowest BCUT2D eigenvalue weighted by atomic mass is 10.5. The van der Waals surface area contributed by atoms with E-state index in [4.69, 9.17) is 0 Å². The highest BCUT2D eigenvalue weighted by molar-refractivity contribution is 9.10. The van der Waals surface area contributed by atoms with Crippen molar-refractivity contribution >= 4 is 15.9 Å². The van der Waals surface area contributed by atoms with Gasteiger partial charge in [0.2, 0.25) is 0 Å². The van der Waals surface area contributed by atoms with Crippen LogP contribution in [0.1, 0.15) is 11.5 Å². The molecule has 0 aliphatic heterocycles. The minimum Gasteiger partial charge on any atom is -0.362 e. The van der Waals surface area contributed by atoms with E-state index in [0.717, 1.165) is 16.0 Å². The largest absolute Gasteiger partial charge is 0.362 e. The first-order valence-corrected chi connectivity index (χ1v) is 4.43. The SMILES string of the molecule is Cc1ccno1.Cc1oncc1Br. The molecular formula is C8H9BrN2O2. The molecule has 0 spiro atoms. The Morgan fingerprint density at radius 3 is 2.15 bits per heavy atom. The first-order valence-electron chi connectivity index (χ1n) is 3.64. The molecule has 0 atom stereocenters. The summed E-state index contributed by atoms with van der Waals surface area (Å²) in [7, 11) is 0. The van der Waals surface area contributed by atoms with Crippen molar-refractivity contribution in [3.63, 3.8) is 0 Å². The van der Waals surface area contributed by atoms with Crippen LogP contribution in [0.5, 0.6) is 0 Å². The number of hydrogen-bond acceptors (Lipinski definition) is 4. The summed E-state index contributed by atoms with van der Waals surface area (Å²) in [5.74, 6) is 1.68. The van der Waals surface area contributed by atoms with Crippen molar-refractivity contribution in [2.24, 2.45) is 0 Å². The van der Waals surface area contributed by atoms with Gasteiger partial charge in [-0.2, -0.15) is 0 Å². The molecule has 0 fully saturated rings. The van der Waals surface area contributed by atoms with E-state index >= 15 is 0 Å². The number of aryl methyl sites for hydroxylation is 2. The van der Waals surface area contributed by atoms with E-state index in [1.54, 1.807) is 18.5 Å². The zero-order valence-corrected chi connectivity index (χ0v) is 8.91. The Morgan fingerprint density at radius 2 is 2.00 bits per heavy atom. The third kappa shape index (κ3) is 3.42. The van der Waals surface area contributed by atoms with Gasteiger partial charge in [-0.25, -0.2) is 0 Å². The van der Waals surface area contributed by atoms with Gasteiger partial charge < -0.3 is 9.05 Å². The van der Waals surface area contributed by atoms with Crippen LogP contribution in [0, 0.1) is 13.8 Å². The summed E-state index contributed by atoms with van der Waals surface area (Å²) in [6.45, 7) is 3.70. The summed E-state index contributed by atoms with van der Waals surface area (Å²) in [5.41, 5.74) is 0. The van der Waals surface area contributed by atoms with Gasteiger partial charge >= 0.3 is 0 Å². The smallest absolute Gasteiger partial charge is 0.147 e. The van der Waals surface area contributed by atoms with E-state index < -0.39 is 0 Å². The van der Waals surface area contributed by atoms with Crippen LogP contribution in [0.2, 0.25) is 0 Å². The maximum atomic E-state index is 4.67. The van der Waals surface area contributed by atoms with Gasteiger partial charge in [-0.1, -0.05) is 10.3 Å². The fraction of sp³-hybridized carbons (Fsp3) is 0.250. The molecule has 13 heavy (non-hydrogen) atoms. The minimum absolute atomic E-state index is 0.819. The highest BCUT2D eigenvalue weighted by atomic mass is 79.9. The lowest BCUT2D eigenvalue weighted by molar-refractivity contribution is 0.396. The van der Waals surface area contributed by atoms with E-state index in [0.29, 0.717) is 0 Å². The average Bonchev–Trinajstić information content (AvgIpc) is 2.67. The van der Waals surface area contributed by atoms with Crippen molar-refractivity contribution in [1.82, 2.24) is 10.3 Å². The first-order chi connectivity index (χ1) is 6.20. The maximum Gasteiger partial charge on any atom is 0.147 e. The number of hydrogen-bond donors (Lipinski definition) is 0. The lowest BCUT2D eigenvalue weighted by Gasteiger charge is -1.73. The molecule has 0 amide bonds. The van der Waals surface area contributed by atoms with Crippen LogP contribution < -0.4 is 0 Å². The number of rotatable bonds is 0. The molecule has 5 heteroatoms. The Kier molecular flexibility index (Phi) is 3.70. The van der Waals surface area contributed by atoms with E-state index in [9.17, 15) is 0 Å². The van der Waals surface area contributed by atoms with E-state index in [2.05, 4.69) is 35.3 Å². The molecule has 2 aromatic heterocycles. The Balaban J connectivity index is 0.000000132. The molecule has 2 aromatic rings. The summed E-state index contributed by atoms with van der Waals surface area (Å²) >= 11 is 3.21. The Bertz CT molecular complexity index is 326. The summed E-state index contributed by atoms with van der Waals surface area (Å²) in [4.78, 5) is 0. The summed E-state index contributed by atoms with van der Waals surface area (Å²) in [6, 6.07) is 1.81. The molecule has 70 valence electrons. The Labute approximate surface area is 84.0 Å². The van der Waals surface area contributed by atoms with Crippen LogP contribution in [0.3, 0.4) is 0 Å². The molecule has 0 N–H and O–H groups in total. The van der Waals surface area contributed by atoms with Crippen LogP contribution in [-0.4, -0.2) is 10.3 Å². The Morgan fingerprint density at radius 1 is 1.23 bits per heavy atom. The van der Waals surface area contributed by atoms with Gasteiger partial charge in [0.25, 0.3) is 0 Å². The number of aromatic nitrogens is 2. The minimum atomic E-state index is 0.819. The van der Waals surface area contributed by atoms with Crippen molar-refractivity contribution < 1.29 is 9.05 Å². The van der Waals surface area contributed by atoms with Gasteiger partial charge in [-0.15, -0.1) is 0 Å². The lowest BCUT2D eigenvalue weighted by Crippen LogP contribution is -1.56. The van der Waals surface area contributed by atoms with Crippen LogP contribution in [0.25, 0.3) is 0 Å². The molecule has 0 aliphatic carbocycles. The molecule has 0 bridgehead atoms. The molecule has 2 heterocycles. The highest BCUT2D eigenvalue weighted by Crippen LogP contribution is 2.12. The highest BCUT2D eigenvalue weighted by Gasteiger charge is 1.93. The third-order valence-corrected chi connectivity index (χ3v) is 2.02. The predicted molar refractivity (Wildman–Crippen MR) is 50.2 cm³/mol. The number of nitrogens with zero attached hydrogens (tertiary/aromatic N) is 2. The fourth-order valence-corrected chi connectivity index (χ4v) is 0.722. The maximum absolute atomic E-state index is 4.67. The van der Waals surface area contributed by atoms with Gasteiger partial charge in [0.1, 0.15) is 11.5 Å². The Hall–Kier alpha value is -1.10.